The van der Waals surface area contributed by atoms with Gasteiger partial charge in [0.25, 0.3) is 5.91 Å². The van der Waals surface area contributed by atoms with E-state index in [1.807, 2.05) is 0 Å². The Bertz CT molecular complexity index is 904. The molecule has 1 heterocycles. The summed E-state index contributed by atoms with van der Waals surface area (Å²) in [4.78, 5) is 12.2. The van der Waals surface area contributed by atoms with E-state index in [4.69, 9.17) is 14.3 Å². The van der Waals surface area contributed by atoms with Crippen LogP contribution in [0.2, 0.25) is 0 Å². The molecule has 128 valence electrons. The molecule has 6 heteroatoms. The maximum absolute atomic E-state index is 13.7. The largest absolute Gasteiger partial charge is 0.496 e. The highest BCUT2D eigenvalue weighted by molar-refractivity contribution is 6.04. The molecule has 1 aromatic heterocycles. The molecule has 2 aromatic carbocycles. The predicted molar refractivity (Wildman–Crippen MR) is 91.0 cm³/mol. The summed E-state index contributed by atoms with van der Waals surface area (Å²) in [5, 5.41) is 11.8. The van der Waals surface area contributed by atoms with Gasteiger partial charge in [0.1, 0.15) is 29.7 Å². The Balaban J connectivity index is 1.91. The Hall–Kier alpha value is -3.12. The fourth-order valence-electron chi connectivity index (χ4n) is 2.43. The van der Waals surface area contributed by atoms with Gasteiger partial charge >= 0.3 is 0 Å². The zero-order valence-electron chi connectivity index (χ0n) is 13.5. The van der Waals surface area contributed by atoms with Crippen molar-refractivity contribution in [2.24, 2.45) is 0 Å². The van der Waals surface area contributed by atoms with E-state index in [9.17, 15) is 9.18 Å². The van der Waals surface area contributed by atoms with Crippen LogP contribution in [0, 0.1) is 5.82 Å². The molecule has 0 aliphatic heterocycles. The van der Waals surface area contributed by atoms with E-state index in [2.05, 4.69) is 5.32 Å². The van der Waals surface area contributed by atoms with Crippen LogP contribution in [0.5, 0.6) is 5.75 Å². The van der Waals surface area contributed by atoms with Crippen LogP contribution in [-0.4, -0.2) is 18.1 Å². The number of carbonyl (C=O) groups excluding carboxylic acids is 1. The lowest BCUT2D eigenvalue weighted by Crippen LogP contribution is -2.13. The molecular weight excluding hydrogens is 325 g/mol. The number of aliphatic hydroxyl groups is 1. The molecule has 3 aromatic rings. The van der Waals surface area contributed by atoms with Crippen LogP contribution in [0.3, 0.4) is 0 Å². The maximum atomic E-state index is 13.7. The highest BCUT2D eigenvalue weighted by atomic mass is 19.1. The van der Waals surface area contributed by atoms with Crippen molar-refractivity contribution < 1.29 is 23.4 Å². The number of nitrogens with one attached hydrogen (secondary N) is 1. The van der Waals surface area contributed by atoms with Crippen LogP contribution in [0.25, 0.3) is 11.3 Å². The van der Waals surface area contributed by atoms with Crippen LogP contribution in [0.1, 0.15) is 16.1 Å². The number of amides is 1. The Kier molecular flexibility index (Phi) is 4.81. The number of carbonyl (C=O) groups is 1. The fraction of sp³-hybridized carbons (Fsp3) is 0.105. The van der Waals surface area contributed by atoms with Gasteiger partial charge < -0.3 is 19.6 Å². The SMILES string of the molecule is COc1ccc(NC(=O)c2ccccc2F)cc1-c1ccc(CO)o1. The molecule has 1 amide bonds. The molecule has 0 saturated heterocycles. The number of halogens is 1. The lowest BCUT2D eigenvalue weighted by Gasteiger charge is -2.11. The number of methoxy groups -OCH3 is 1. The highest BCUT2D eigenvalue weighted by Gasteiger charge is 2.15. The van der Waals surface area contributed by atoms with Gasteiger partial charge in [-0.2, -0.15) is 0 Å². The average molecular weight is 341 g/mol. The highest BCUT2D eigenvalue weighted by Crippen LogP contribution is 2.34. The van der Waals surface area contributed by atoms with Gasteiger partial charge in [0, 0.05) is 5.69 Å². The molecule has 0 radical (unpaired) electrons. The molecule has 0 fully saturated rings. The smallest absolute Gasteiger partial charge is 0.258 e. The topological polar surface area (TPSA) is 71.7 Å². The van der Waals surface area contributed by atoms with E-state index in [0.717, 1.165) is 0 Å². The first-order valence-corrected chi connectivity index (χ1v) is 7.56. The molecule has 0 saturated carbocycles. The molecule has 3 rings (SSSR count). The maximum Gasteiger partial charge on any atom is 0.258 e. The van der Waals surface area contributed by atoms with E-state index in [1.165, 1.54) is 25.3 Å². The van der Waals surface area contributed by atoms with Gasteiger partial charge in [-0.3, -0.25) is 4.79 Å². The first-order chi connectivity index (χ1) is 12.1. The predicted octanol–water partition coefficient (Wildman–Crippen LogP) is 3.84. The van der Waals surface area contributed by atoms with Crippen molar-refractivity contribution in [3.8, 4) is 17.1 Å². The van der Waals surface area contributed by atoms with E-state index in [0.29, 0.717) is 28.5 Å². The Morgan fingerprint density at radius 1 is 1.20 bits per heavy atom. The summed E-state index contributed by atoms with van der Waals surface area (Å²) in [7, 11) is 1.52. The monoisotopic (exact) mass is 341 g/mol. The van der Waals surface area contributed by atoms with E-state index < -0.39 is 11.7 Å². The zero-order chi connectivity index (χ0) is 17.8. The summed E-state index contributed by atoms with van der Waals surface area (Å²) < 4.78 is 24.6. The molecular formula is C19H16FNO4. The zero-order valence-corrected chi connectivity index (χ0v) is 13.5. The van der Waals surface area contributed by atoms with Crippen LogP contribution >= 0.6 is 0 Å². The third kappa shape index (κ3) is 3.54. The summed E-state index contributed by atoms with van der Waals surface area (Å²) in [5.74, 6) is 0.306. The third-order valence-electron chi connectivity index (χ3n) is 3.66. The standard InChI is InChI=1S/C19H16FNO4/c1-24-17-8-6-12(10-15(17)18-9-7-13(11-22)25-18)21-19(23)14-4-2-3-5-16(14)20/h2-10,22H,11H2,1H3,(H,21,23). The number of hydrogen-bond acceptors (Lipinski definition) is 4. The summed E-state index contributed by atoms with van der Waals surface area (Å²) in [6, 6.07) is 14.1. The molecule has 0 aliphatic rings. The van der Waals surface area contributed by atoms with Crippen LogP contribution in [0.4, 0.5) is 10.1 Å². The second-order valence-electron chi connectivity index (χ2n) is 5.27. The van der Waals surface area contributed by atoms with Crippen molar-refractivity contribution in [2.45, 2.75) is 6.61 Å². The number of furan rings is 1. The molecule has 2 N–H and O–H groups in total. The lowest BCUT2D eigenvalue weighted by molar-refractivity contribution is 0.102. The van der Waals surface area contributed by atoms with Crippen molar-refractivity contribution in [1.82, 2.24) is 0 Å². The van der Waals surface area contributed by atoms with E-state index in [-0.39, 0.29) is 12.2 Å². The molecule has 5 nitrogen and oxygen atoms in total. The number of ether oxygens (including phenoxy) is 1. The first kappa shape index (κ1) is 16.7. The average Bonchev–Trinajstić information content (AvgIpc) is 3.11. The minimum absolute atomic E-state index is 0.0413. The van der Waals surface area contributed by atoms with Crippen molar-refractivity contribution in [2.75, 3.05) is 12.4 Å². The number of aliphatic hydroxyl groups excluding tert-OH is 1. The molecule has 0 aliphatic carbocycles. The van der Waals surface area contributed by atoms with Crippen molar-refractivity contribution in [3.63, 3.8) is 0 Å². The Morgan fingerprint density at radius 2 is 2.00 bits per heavy atom. The minimum Gasteiger partial charge on any atom is -0.496 e. The quantitative estimate of drug-likeness (QED) is 0.740. The lowest BCUT2D eigenvalue weighted by atomic mass is 10.1. The van der Waals surface area contributed by atoms with Crippen molar-refractivity contribution in [1.29, 1.82) is 0 Å². The van der Waals surface area contributed by atoms with Gasteiger partial charge in [-0.05, 0) is 42.5 Å². The van der Waals surface area contributed by atoms with Gasteiger partial charge in [-0.15, -0.1) is 0 Å². The van der Waals surface area contributed by atoms with Crippen LogP contribution in [-0.2, 0) is 6.61 Å². The van der Waals surface area contributed by atoms with Crippen LogP contribution in [0.15, 0.2) is 59.0 Å². The summed E-state index contributed by atoms with van der Waals surface area (Å²) >= 11 is 0. The normalized spacial score (nSPS) is 10.5. The molecule has 0 bridgehead atoms. The fourth-order valence-corrected chi connectivity index (χ4v) is 2.43. The van der Waals surface area contributed by atoms with E-state index in [1.54, 1.807) is 36.4 Å². The van der Waals surface area contributed by atoms with Crippen molar-refractivity contribution in [3.05, 3.63) is 71.7 Å². The second-order valence-corrected chi connectivity index (χ2v) is 5.27. The first-order valence-electron chi connectivity index (χ1n) is 7.56. The molecule has 0 unspecified atom stereocenters. The number of benzene rings is 2. The van der Waals surface area contributed by atoms with Gasteiger partial charge in [0.05, 0.1) is 18.2 Å². The van der Waals surface area contributed by atoms with Gasteiger partial charge in [-0.1, -0.05) is 12.1 Å². The van der Waals surface area contributed by atoms with Gasteiger partial charge in [-0.25, -0.2) is 4.39 Å². The van der Waals surface area contributed by atoms with Crippen LogP contribution < -0.4 is 10.1 Å². The molecule has 25 heavy (non-hydrogen) atoms. The molecule has 0 spiro atoms. The third-order valence-corrected chi connectivity index (χ3v) is 3.66. The van der Waals surface area contributed by atoms with Crippen molar-refractivity contribution >= 4 is 11.6 Å². The second kappa shape index (κ2) is 7.19. The molecule has 0 atom stereocenters. The van der Waals surface area contributed by atoms with E-state index >= 15 is 0 Å². The Labute approximate surface area is 143 Å². The van der Waals surface area contributed by atoms with Gasteiger partial charge in [0.15, 0.2) is 0 Å². The summed E-state index contributed by atoms with van der Waals surface area (Å²) in [6.45, 7) is -0.216. The van der Waals surface area contributed by atoms with Gasteiger partial charge in [0.2, 0.25) is 0 Å². The minimum atomic E-state index is -0.590. The number of hydrogen-bond donors (Lipinski definition) is 2. The Morgan fingerprint density at radius 3 is 2.68 bits per heavy atom. The number of anilines is 1. The summed E-state index contributed by atoms with van der Waals surface area (Å²) in [6.07, 6.45) is 0. The number of rotatable bonds is 5. The summed E-state index contributed by atoms with van der Waals surface area (Å²) in [5.41, 5.74) is 1.03.